The standard InChI is InChI=1S/C30H34N6O/c1-19-11-13-24(14-12-19)36-21(3)27-20(2)32-33-29(28(27)34-36)35-17-15-23(16-18-35)30(37)31-26-10-6-8-22-7-4-5-9-25(22)26/h4-5,7,9,11-14,23,26H,6,8,10,15-18H2,1-3H3,(H,31,37). The van der Waals surface area contributed by atoms with Crippen molar-refractivity contribution in [3.63, 3.8) is 0 Å². The zero-order chi connectivity index (χ0) is 25.5. The van der Waals surface area contributed by atoms with Crippen LogP contribution in [0.3, 0.4) is 0 Å². The molecule has 0 bridgehead atoms. The summed E-state index contributed by atoms with van der Waals surface area (Å²) in [6, 6.07) is 17.1. The van der Waals surface area contributed by atoms with Crippen LogP contribution in [0.2, 0.25) is 0 Å². The number of aryl methyl sites for hydroxylation is 4. The normalized spacial score (nSPS) is 18.1. The van der Waals surface area contributed by atoms with E-state index in [1.807, 2.05) is 11.6 Å². The van der Waals surface area contributed by atoms with Gasteiger partial charge in [-0.1, -0.05) is 42.0 Å². The molecule has 0 spiro atoms. The van der Waals surface area contributed by atoms with Crippen molar-refractivity contribution >= 4 is 22.6 Å². The summed E-state index contributed by atoms with van der Waals surface area (Å²) in [6.45, 7) is 7.70. The maximum atomic E-state index is 13.2. The number of carbonyl (C=O) groups excluding carboxylic acids is 1. The van der Waals surface area contributed by atoms with Gasteiger partial charge >= 0.3 is 0 Å². The molecule has 0 radical (unpaired) electrons. The number of amides is 1. The van der Waals surface area contributed by atoms with Gasteiger partial charge in [-0.2, -0.15) is 10.2 Å². The number of fused-ring (bicyclic) bond motifs is 2. The molecule has 1 N–H and O–H groups in total. The Balaban J connectivity index is 1.19. The Morgan fingerprint density at radius 2 is 1.70 bits per heavy atom. The van der Waals surface area contributed by atoms with Crippen LogP contribution in [-0.4, -0.2) is 39.0 Å². The van der Waals surface area contributed by atoms with Crippen LogP contribution in [-0.2, 0) is 11.2 Å². The molecule has 190 valence electrons. The quantitative estimate of drug-likeness (QED) is 0.425. The van der Waals surface area contributed by atoms with Gasteiger partial charge in [-0.3, -0.25) is 4.79 Å². The van der Waals surface area contributed by atoms with Crippen LogP contribution in [0.15, 0.2) is 48.5 Å². The molecule has 7 heteroatoms. The smallest absolute Gasteiger partial charge is 0.223 e. The second-order valence-corrected chi connectivity index (χ2v) is 10.6. The number of aromatic nitrogens is 4. The summed E-state index contributed by atoms with van der Waals surface area (Å²) >= 11 is 0. The van der Waals surface area contributed by atoms with Gasteiger partial charge in [-0.05, 0) is 76.1 Å². The third kappa shape index (κ3) is 4.37. The van der Waals surface area contributed by atoms with Gasteiger partial charge in [0.25, 0.3) is 0 Å². The molecule has 0 saturated carbocycles. The van der Waals surface area contributed by atoms with E-state index in [0.29, 0.717) is 0 Å². The summed E-state index contributed by atoms with van der Waals surface area (Å²) < 4.78 is 1.99. The Morgan fingerprint density at radius 3 is 2.49 bits per heavy atom. The molecule has 2 aromatic heterocycles. The molecule has 1 aliphatic carbocycles. The SMILES string of the molecule is Cc1ccc(-n2nc3c(N4CCC(C(=O)NC5CCCc6ccccc65)CC4)nnc(C)c3c2C)cc1. The van der Waals surface area contributed by atoms with Crippen molar-refractivity contribution < 1.29 is 4.79 Å². The summed E-state index contributed by atoms with van der Waals surface area (Å²) in [5.74, 6) is 1.02. The molecule has 3 heterocycles. The Kier molecular flexibility index (Phi) is 6.14. The lowest BCUT2D eigenvalue weighted by Gasteiger charge is -2.33. The summed E-state index contributed by atoms with van der Waals surface area (Å²) in [5, 5.41) is 18.5. The van der Waals surface area contributed by atoms with Crippen molar-refractivity contribution in [3.05, 3.63) is 76.6 Å². The Morgan fingerprint density at radius 1 is 0.946 bits per heavy atom. The molecular weight excluding hydrogens is 460 g/mol. The van der Waals surface area contributed by atoms with Gasteiger partial charge in [0, 0.05) is 19.0 Å². The van der Waals surface area contributed by atoms with Gasteiger partial charge in [0.2, 0.25) is 5.91 Å². The molecule has 6 rings (SSSR count). The average Bonchev–Trinajstić information content (AvgIpc) is 3.27. The van der Waals surface area contributed by atoms with Crippen LogP contribution in [0.25, 0.3) is 16.6 Å². The second-order valence-electron chi connectivity index (χ2n) is 10.6. The van der Waals surface area contributed by atoms with Gasteiger partial charge < -0.3 is 10.2 Å². The van der Waals surface area contributed by atoms with E-state index >= 15 is 0 Å². The predicted octanol–water partition coefficient (Wildman–Crippen LogP) is 5.15. The monoisotopic (exact) mass is 494 g/mol. The molecule has 1 aliphatic heterocycles. The van der Waals surface area contributed by atoms with Gasteiger partial charge in [0.05, 0.1) is 28.5 Å². The van der Waals surface area contributed by atoms with E-state index < -0.39 is 0 Å². The summed E-state index contributed by atoms with van der Waals surface area (Å²) in [4.78, 5) is 15.5. The van der Waals surface area contributed by atoms with Crippen molar-refractivity contribution in [2.75, 3.05) is 18.0 Å². The summed E-state index contributed by atoms with van der Waals surface area (Å²) in [6.07, 6.45) is 4.84. The van der Waals surface area contributed by atoms with E-state index in [9.17, 15) is 4.79 Å². The van der Waals surface area contributed by atoms with Crippen LogP contribution in [0.1, 0.15) is 59.8 Å². The highest BCUT2D eigenvalue weighted by molar-refractivity contribution is 5.92. The molecule has 1 saturated heterocycles. The van der Waals surface area contributed by atoms with Crippen LogP contribution in [0.5, 0.6) is 0 Å². The lowest BCUT2D eigenvalue weighted by Crippen LogP contribution is -2.42. The van der Waals surface area contributed by atoms with Gasteiger partial charge in [0.15, 0.2) is 5.82 Å². The number of hydrogen-bond donors (Lipinski definition) is 1. The molecule has 2 aromatic carbocycles. The van der Waals surface area contributed by atoms with Crippen LogP contribution in [0.4, 0.5) is 5.82 Å². The summed E-state index contributed by atoms with van der Waals surface area (Å²) in [7, 11) is 0. The van der Waals surface area contributed by atoms with E-state index in [2.05, 4.69) is 82.8 Å². The van der Waals surface area contributed by atoms with Gasteiger partial charge in [0.1, 0.15) is 5.52 Å². The van der Waals surface area contributed by atoms with E-state index in [1.54, 1.807) is 0 Å². The Bertz CT molecular complexity index is 1450. The van der Waals surface area contributed by atoms with Crippen molar-refractivity contribution in [2.45, 2.75) is 58.9 Å². The first kappa shape index (κ1) is 23.6. The maximum Gasteiger partial charge on any atom is 0.223 e. The van der Waals surface area contributed by atoms with Gasteiger partial charge in [-0.15, -0.1) is 5.10 Å². The third-order valence-corrected chi connectivity index (χ3v) is 8.11. The minimum Gasteiger partial charge on any atom is -0.353 e. The molecule has 7 nitrogen and oxygen atoms in total. The fourth-order valence-corrected chi connectivity index (χ4v) is 6.01. The van der Waals surface area contributed by atoms with E-state index in [0.717, 1.165) is 79.0 Å². The fourth-order valence-electron chi connectivity index (χ4n) is 6.01. The highest BCUT2D eigenvalue weighted by Gasteiger charge is 2.30. The molecule has 1 fully saturated rings. The second kappa shape index (κ2) is 9.61. The van der Waals surface area contributed by atoms with Crippen molar-refractivity contribution in [2.24, 2.45) is 5.92 Å². The number of piperidine rings is 1. The molecule has 4 aromatic rings. The summed E-state index contributed by atoms with van der Waals surface area (Å²) in [5.41, 5.74) is 7.74. The number of nitrogens with one attached hydrogen (secondary N) is 1. The first-order valence-corrected chi connectivity index (χ1v) is 13.4. The van der Waals surface area contributed by atoms with Crippen LogP contribution in [0, 0.1) is 26.7 Å². The molecule has 2 aliphatic rings. The minimum atomic E-state index is 0.0195. The average molecular weight is 495 g/mol. The number of hydrogen-bond acceptors (Lipinski definition) is 5. The molecule has 1 amide bonds. The first-order chi connectivity index (χ1) is 18.0. The molecule has 37 heavy (non-hydrogen) atoms. The number of anilines is 1. The highest BCUT2D eigenvalue weighted by atomic mass is 16.2. The topological polar surface area (TPSA) is 75.9 Å². The van der Waals surface area contributed by atoms with Crippen molar-refractivity contribution in [1.29, 1.82) is 0 Å². The van der Waals surface area contributed by atoms with Crippen LogP contribution >= 0.6 is 0 Å². The largest absolute Gasteiger partial charge is 0.353 e. The van der Waals surface area contributed by atoms with E-state index in [-0.39, 0.29) is 17.9 Å². The van der Waals surface area contributed by atoms with Crippen LogP contribution < -0.4 is 10.2 Å². The van der Waals surface area contributed by atoms with Gasteiger partial charge in [-0.25, -0.2) is 4.68 Å². The zero-order valence-electron chi connectivity index (χ0n) is 21.9. The minimum absolute atomic E-state index is 0.0195. The molecular formula is C30H34N6O. The lowest BCUT2D eigenvalue weighted by atomic mass is 9.87. The number of carbonyl (C=O) groups is 1. The third-order valence-electron chi connectivity index (χ3n) is 8.11. The number of benzene rings is 2. The highest BCUT2D eigenvalue weighted by Crippen LogP contribution is 2.33. The van der Waals surface area contributed by atoms with E-state index in [1.165, 1.54) is 16.7 Å². The lowest BCUT2D eigenvalue weighted by molar-refractivity contribution is -0.126. The Hall–Kier alpha value is -3.74. The zero-order valence-corrected chi connectivity index (χ0v) is 21.9. The van der Waals surface area contributed by atoms with E-state index in [4.69, 9.17) is 5.10 Å². The number of nitrogens with zero attached hydrogens (tertiary/aromatic N) is 5. The number of rotatable bonds is 4. The molecule has 1 unspecified atom stereocenters. The first-order valence-electron chi connectivity index (χ1n) is 13.4. The Labute approximate surface area is 217 Å². The maximum absolute atomic E-state index is 13.2. The predicted molar refractivity (Wildman–Crippen MR) is 146 cm³/mol. The van der Waals surface area contributed by atoms with Crippen molar-refractivity contribution in [1.82, 2.24) is 25.3 Å². The fraction of sp³-hybridized carbons (Fsp3) is 0.400. The molecule has 1 atom stereocenters. The van der Waals surface area contributed by atoms with Crippen molar-refractivity contribution in [3.8, 4) is 5.69 Å².